The van der Waals surface area contributed by atoms with Gasteiger partial charge in [0.1, 0.15) is 6.04 Å². The molecule has 0 spiro atoms. The third kappa shape index (κ3) is 5.53. The van der Waals surface area contributed by atoms with Gasteiger partial charge in [0.15, 0.2) is 0 Å². The van der Waals surface area contributed by atoms with E-state index in [-0.39, 0.29) is 17.4 Å². The van der Waals surface area contributed by atoms with Crippen LogP contribution in [-0.2, 0) is 9.53 Å². The number of methoxy groups -OCH3 is 1. The Kier molecular flexibility index (Phi) is 5.44. The molecule has 0 aliphatic heterocycles. The zero-order chi connectivity index (χ0) is 12.9. The van der Waals surface area contributed by atoms with Gasteiger partial charge in [0.25, 0.3) is 0 Å². The molecule has 1 unspecified atom stereocenters. The molecule has 17 heavy (non-hydrogen) atoms. The van der Waals surface area contributed by atoms with Crippen LogP contribution in [0.5, 0.6) is 0 Å². The molecule has 0 amide bonds. The molecule has 3 nitrogen and oxygen atoms in total. The largest absolute Gasteiger partial charge is 0.468 e. The van der Waals surface area contributed by atoms with Crippen LogP contribution in [0.15, 0.2) is 0 Å². The molecule has 0 heterocycles. The van der Waals surface area contributed by atoms with Crippen LogP contribution in [0.25, 0.3) is 0 Å². The van der Waals surface area contributed by atoms with Crippen LogP contribution in [-0.4, -0.2) is 25.2 Å². The van der Waals surface area contributed by atoms with Crippen LogP contribution in [0, 0.1) is 5.41 Å². The van der Waals surface area contributed by atoms with E-state index in [1.807, 2.05) is 0 Å². The molecule has 0 aromatic carbocycles. The van der Waals surface area contributed by atoms with Gasteiger partial charge in [-0.05, 0) is 24.7 Å². The van der Waals surface area contributed by atoms with Crippen molar-refractivity contribution in [3.63, 3.8) is 0 Å². The lowest BCUT2D eigenvalue weighted by molar-refractivity contribution is -0.144. The number of nitrogens with one attached hydrogen (secondary N) is 1. The van der Waals surface area contributed by atoms with Crippen molar-refractivity contribution in [1.82, 2.24) is 5.32 Å². The fourth-order valence-corrected chi connectivity index (χ4v) is 2.52. The van der Waals surface area contributed by atoms with E-state index in [0.717, 1.165) is 6.42 Å². The minimum Gasteiger partial charge on any atom is -0.468 e. The maximum absolute atomic E-state index is 11.8. The highest BCUT2D eigenvalue weighted by molar-refractivity contribution is 5.75. The number of carbonyl (C=O) groups excluding carboxylic acids is 1. The zero-order valence-electron chi connectivity index (χ0n) is 11.7. The first-order chi connectivity index (χ1) is 7.92. The fraction of sp³-hybridized carbons (Fsp3) is 0.929. The van der Waals surface area contributed by atoms with Gasteiger partial charge < -0.3 is 10.1 Å². The highest BCUT2D eigenvalue weighted by Crippen LogP contribution is 2.24. The average molecular weight is 241 g/mol. The molecule has 3 heteroatoms. The standard InChI is InChI=1S/C14H27NO2/c1-14(2,3)10-12(13(16)17-4)15-11-8-6-5-7-9-11/h11-12,15H,5-10H2,1-4H3. The number of esters is 1. The topological polar surface area (TPSA) is 38.3 Å². The number of carbonyl (C=O) groups is 1. The second-order valence-corrected chi connectivity index (χ2v) is 6.34. The quantitative estimate of drug-likeness (QED) is 0.769. The van der Waals surface area contributed by atoms with Crippen molar-refractivity contribution >= 4 is 5.97 Å². The summed E-state index contributed by atoms with van der Waals surface area (Å²) in [5.74, 6) is -0.120. The molecule has 1 rings (SSSR count). The van der Waals surface area contributed by atoms with Gasteiger partial charge in [-0.3, -0.25) is 4.79 Å². The summed E-state index contributed by atoms with van der Waals surface area (Å²) in [5.41, 5.74) is 0.139. The van der Waals surface area contributed by atoms with E-state index in [0.29, 0.717) is 6.04 Å². The van der Waals surface area contributed by atoms with Crippen LogP contribution in [0.2, 0.25) is 0 Å². The molecular formula is C14H27NO2. The van der Waals surface area contributed by atoms with E-state index >= 15 is 0 Å². The van der Waals surface area contributed by atoms with Crippen molar-refractivity contribution < 1.29 is 9.53 Å². The maximum Gasteiger partial charge on any atom is 0.322 e. The van der Waals surface area contributed by atoms with E-state index in [1.165, 1.54) is 39.2 Å². The van der Waals surface area contributed by atoms with Gasteiger partial charge in [0, 0.05) is 6.04 Å². The van der Waals surface area contributed by atoms with Crippen molar-refractivity contribution in [1.29, 1.82) is 0 Å². The molecule has 1 N–H and O–H groups in total. The Bertz CT molecular complexity index is 239. The lowest BCUT2D eigenvalue weighted by Crippen LogP contribution is -2.46. The first-order valence-corrected chi connectivity index (χ1v) is 6.76. The molecular weight excluding hydrogens is 214 g/mol. The zero-order valence-corrected chi connectivity index (χ0v) is 11.7. The Morgan fingerprint density at radius 1 is 1.29 bits per heavy atom. The predicted molar refractivity (Wildman–Crippen MR) is 69.9 cm³/mol. The Balaban J connectivity index is 2.53. The van der Waals surface area contributed by atoms with Crippen molar-refractivity contribution in [3.8, 4) is 0 Å². The Hall–Kier alpha value is -0.570. The molecule has 1 fully saturated rings. The van der Waals surface area contributed by atoms with Crippen LogP contribution in [0.3, 0.4) is 0 Å². The summed E-state index contributed by atoms with van der Waals surface area (Å²) in [7, 11) is 1.47. The van der Waals surface area contributed by atoms with Gasteiger partial charge in [-0.25, -0.2) is 0 Å². The van der Waals surface area contributed by atoms with Crippen LogP contribution in [0.4, 0.5) is 0 Å². The molecule has 0 radical (unpaired) electrons. The minimum atomic E-state index is -0.150. The number of ether oxygens (including phenoxy) is 1. The molecule has 1 atom stereocenters. The third-order valence-electron chi connectivity index (χ3n) is 3.34. The van der Waals surface area contributed by atoms with Gasteiger partial charge in [-0.2, -0.15) is 0 Å². The molecule has 1 saturated carbocycles. The van der Waals surface area contributed by atoms with Gasteiger partial charge in [-0.15, -0.1) is 0 Å². The summed E-state index contributed by atoms with van der Waals surface area (Å²) in [6.07, 6.45) is 7.11. The molecule has 100 valence electrons. The smallest absolute Gasteiger partial charge is 0.322 e. The molecule has 1 aliphatic rings. The van der Waals surface area contributed by atoms with Crippen molar-refractivity contribution in [3.05, 3.63) is 0 Å². The highest BCUT2D eigenvalue weighted by atomic mass is 16.5. The van der Waals surface area contributed by atoms with Gasteiger partial charge in [0.05, 0.1) is 7.11 Å². The monoisotopic (exact) mass is 241 g/mol. The lowest BCUT2D eigenvalue weighted by atomic mass is 9.87. The minimum absolute atomic E-state index is 0.120. The average Bonchev–Trinajstić information content (AvgIpc) is 2.27. The Morgan fingerprint density at radius 2 is 1.88 bits per heavy atom. The van der Waals surface area contributed by atoms with Crippen LogP contribution >= 0.6 is 0 Å². The van der Waals surface area contributed by atoms with Crippen molar-refractivity contribution in [2.75, 3.05) is 7.11 Å². The first-order valence-electron chi connectivity index (χ1n) is 6.76. The van der Waals surface area contributed by atoms with Crippen LogP contribution < -0.4 is 5.32 Å². The normalized spacial score (nSPS) is 20.0. The lowest BCUT2D eigenvalue weighted by Gasteiger charge is -2.30. The Labute approximate surface area is 105 Å². The summed E-state index contributed by atoms with van der Waals surface area (Å²) in [5, 5.41) is 3.49. The summed E-state index contributed by atoms with van der Waals surface area (Å²) in [6.45, 7) is 6.47. The van der Waals surface area contributed by atoms with E-state index in [4.69, 9.17) is 4.74 Å². The van der Waals surface area contributed by atoms with E-state index in [9.17, 15) is 4.79 Å². The second-order valence-electron chi connectivity index (χ2n) is 6.34. The fourth-order valence-electron chi connectivity index (χ4n) is 2.52. The van der Waals surface area contributed by atoms with E-state index < -0.39 is 0 Å². The van der Waals surface area contributed by atoms with Crippen molar-refractivity contribution in [2.45, 2.75) is 71.4 Å². The predicted octanol–water partition coefficient (Wildman–Crippen LogP) is 2.89. The maximum atomic E-state index is 11.8. The molecule has 0 bridgehead atoms. The summed E-state index contributed by atoms with van der Waals surface area (Å²) in [4.78, 5) is 11.8. The summed E-state index contributed by atoms with van der Waals surface area (Å²) in [6, 6.07) is 0.346. The second kappa shape index (κ2) is 6.39. The van der Waals surface area contributed by atoms with Crippen LogP contribution in [0.1, 0.15) is 59.3 Å². The van der Waals surface area contributed by atoms with E-state index in [1.54, 1.807) is 0 Å². The molecule has 0 aromatic rings. The SMILES string of the molecule is COC(=O)C(CC(C)(C)C)NC1CCCCC1. The van der Waals surface area contributed by atoms with Crippen molar-refractivity contribution in [2.24, 2.45) is 5.41 Å². The summed E-state index contributed by atoms with van der Waals surface area (Å²) >= 11 is 0. The number of rotatable bonds is 4. The van der Waals surface area contributed by atoms with Gasteiger partial charge in [-0.1, -0.05) is 40.0 Å². The Morgan fingerprint density at radius 3 is 2.35 bits per heavy atom. The molecule has 0 saturated heterocycles. The van der Waals surface area contributed by atoms with E-state index in [2.05, 4.69) is 26.1 Å². The summed E-state index contributed by atoms with van der Waals surface area (Å²) < 4.78 is 4.90. The van der Waals surface area contributed by atoms with Gasteiger partial charge >= 0.3 is 5.97 Å². The number of hydrogen-bond acceptors (Lipinski definition) is 3. The molecule has 1 aliphatic carbocycles. The van der Waals surface area contributed by atoms with Gasteiger partial charge in [0.2, 0.25) is 0 Å². The molecule has 0 aromatic heterocycles. The number of hydrogen-bond donors (Lipinski definition) is 1. The highest BCUT2D eigenvalue weighted by Gasteiger charge is 2.28. The third-order valence-corrected chi connectivity index (χ3v) is 3.34. The first kappa shape index (κ1) is 14.5.